The molecular formula is C15H15BrN4. The zero-order valence-corrected chi connectivity index (χ0v) is 12.7. The number of halogens is 1. The first-order valence-corrected chi connectivity index (χ1v) is 7.38. The molecule has 0 aliphatic heterocycles. The van der Waals surface area contributed by atoms with Crippen molar-refractivity contribution in [1.82, 2.24) is 15.0 Å². The summed E-state index contributed by atoms with van der Waals surface area (Å²) in [5, 5.41) is 5.73. The van der Waals surface area contributed by atoms with Crippen LogP contribution < -0.4 is 5.32 Å². The standard InChI is InChI=1S/C15H15BrN4/c1-2-13(15-18-8-9-19-15)20-14-11-4-3-5-12(16)10(11)6-7-17-14/h3-9,13H,2H2,1H3,(H,17,20)(H,18,19). The molecule has 4 nitrogen and oxygen atoms in total. The highest BCUT2D eigenvalue weighted by atomic mass is 79.9. The molecule has 0 radical (unpaired) electrons. The van der Waals surface area contributed by atoms with Crippen LogP contribution >= 0.6 is 15.9 Å². The maximum atomic E-state index is 4.47. The largest absolute Gasteiger partial charge is 0.360 e. The predicted molar refractivity (Wildman–Crippen MR) is 84.7 cm³/mol. The summed E-state index contributed by atoms with van der Waals surface area (Å²) in [5.41, 5.74) is 0. The maximum absolute atomic E-state index is 4.47. The van der Waals surface area contributed by atoms with Gasteiger partial charge in [-0.3, -0.25) is 0 Å². The van der Waals surface area contributed by atoms with Gasteiger partial charge in [0.05, 0.1) is 6.04 Å². The van der Waals surface area contributed by atoms with Crippen LogP contribution in [0, 0.1) is 0 Å². The van der Waals surface area contributed by atoms with E-state index in [2.05, 4.69) is 49.2 Å². The molecule has 0 amide bonds. The molecule has 20 heavy (non-hydrogen) atoms. The summed E-state index contributed by atoms with van der Waals surface area (Å²) in [6, 6.07) is 8.27. The lowest BCUT2D eigenvalue weighted by molar-refractivity contribution is 0.701. The monoisotopic (exact) mass is 330 g/mol. The number of benzene rings is 1. The first-order chi connectivity index (χ1) is 9.79. The minimum absolute atomic E-state index is 0.127. The predicted octanol–water partition coefficient (Wildman–Crippen LogP) is 4.28. The Balaban J connectivity index is 2.00. The van der Waals surface area contributed by atoms with E-state index in [1.165, 1.54) is 0 Å². The molecule has 2 N–H and O–H groups in total. The molecule has 0 fully saturated rings. The van der Waals surface area contributed by atoms with Crippen LogP contribution in [0.4, 0.5) is 5.82 Å². The number of hydrogen-bond donors (Lipinski definition) is 2. The SMILES string of the molecule is CCC(Nc1nccc2c(Br)cccc12)c1ncc[nH]1. The van der Waals surface area contributed by atoms with Crippen molar-refractivity contribution in [1.29, 1.82) is 0 Å². The number of H-pyrrole nitrogens is 1. The van der Waals surface area contributed by atoms with Gasteiger partial charge in [0.25, 0.3) is 0 Å². The molecule has 2 aromatic heterocycles. The van der Waals surface area contributed by atoms with Gasteiger partial charge in [-0.15, -0.1) is 0 Å². The fourth-order valence-electron chi connectivity index (χ4n) is 2.28. The Labute approximate surface area is 125 Å². The topological polar surface area (TPSA) is 53.6 Å². The molecular weight excluding hydrogens is 316 g/mol. The number of nitrogens with zero attached hydrogens (tertiary/aromatic N) is 2. The van der Waals surface area contributed by atoms with Crippen LogP contribution in [-0.4, -0.2) is 15.0 Å². The first-order valence-electron chi connectivity index (χ1n) is 6.58. The Hall–Kier alpha value is -1.88. The Morgan fingerprint density at radius 1 is 1.20 bits per heavy atom. The minimum atomic E-state index is 0.127. The molecule has 3 rings (SSSR count). The zero-order valence-electron chi connectivity index (χ0n) is 11.1. The van der Waals surface area contributed by atoms with E-state index in [4.69, 9.17) is 0 Å². The highest BCUT2D eigenvalue weighted by molar-refractivity contribution is 9.10. The smallest absolute Gasteiger partial charge is 0.134 e. The van der Waals surface area contributed by atoms with E-state index >= 15 is 0 Å². The molecule has 3 aromatic rings. The Kier molecular flexibility index (Phi) is 3.69. The van der Waals surface area contributed by atoms with Gasteiger partial charge in [-0.2, -0.15) is 0 Å². The van der Waals surface area contributed by atoms with Gasteiger partial charge in [0.1, 0.15) is 11.6 Å². The third kappa shape index (κ3) is 2.41. The molecule has 1 atom stereocenters. The fraction of sp³-hybridized carbons (Fsp3) is 0.200. The summed E-state index contributed by atoms with van der Waals surface area (Å²) >= 11 is 3.58. The lowest BCUT2D eigenvalue weighted by atomic mass is 10.1. The number of rotatable bonds is 4. The summed E-state index contributed by atoms with van der Waals surface area (Å²) in [4.78, 5) is 12.0. The number of imidazole rings is 1. The second kappa shape index (κ2) is 5.63. The third-order valence-corrected chi connectivity index (χ3v) is 4.01. The first kappa shape index (κ1) is 13.1. The van der Waals surface area contributed by atoms with Crippen molar-refractivity contribution in [3.63, 3.8) is 0 Å². The van der Waals surface area contributed by atoms with E-state index in [0.717, 1.165) is 33.3 Å². The van der Waals surface area contributed by atoms with E-state index in [1.54, 1.807) is 6.20 Å². The normalized spacial score (nSPS) is 12.5. The average molecular weight is 331 g/mol. The van der Waals surface area contributed by atoms with Crippen LogP contribution in [-0.2, 0) is 0 Å². The summed E-state index contributed by atoms with van der Waals surface area (Å²) in [6.45, 7) is 2.13. The van der Waals surface area contributed by atoms with E-state index in [1.807, 2.05) is 30.6 Å². The molecule has 0 spiro atoms. The second-order valence-electron chi connectivity index (χ2n) is 4.57. The average Bonchev–Trinajstić information content (AvgIpc) is 2.99. The van der Waals surface area contributed by atoms with Crippen molar-refractivity contribution in [2.45, 2.75) is 19.4 Å². The van der Waals surface area contributed by atoms with Gasteiger partial charge in [0.15, 0.2) is 0 Å². The lowest BCUT2D eigenvalue weighted by Crippen LogP contribution is -2.12. The molecule has 0 aliphatic carbocycles. The van der Waals surface area contributed by atoms with Crippen LogP contribution in [0.25, 0.3) is 10.8 Å². The van der Waals surface area contributed by atoms with Gasteiger partial charge in [-0.1, -0.05) is 35.0 Å². The number of hydrogen-bond acceptors (Lipinski definition) is 3. The van der Waals surface area contributed by atoms with Gasteiger partial charge >= 0.3 is 0 Å². The van der Waals surface area contributed by atoms with Gasteiger partial charge in [0.2, 0.25) is 0 Å². The van der Waals surface area contributed by atoms with Gasteiger partial charge in [0, 0.05) is 33.8 Å². The minimum Gasteiger partial charge on any atom is -0.360 e. The molecule has 0 aliphatic rings. The van der Waals surface area contributed by atoms with E-state index < -0.39 is 0 Å². The highest BCUT2D eigenvalue weighted by Crippen LogP contribution is 2.29. The number of pyridine rings is 1. The second-order valence-corrected chi connectivity index (χ2v) is 5.43. The van der Waals surface area contributed by atoms with E-state index in [9.17, 15) is 0 Å². The summed E-state index contributed by atoms with van der Waals surface area (Å²) in [6.07, 6.45) is 6.36. The molecule has 5 heteroatoms. The van der Waals surface area contributed by atoms with Crippen molar-refractivity contribution in [2.75, 3.05) is 5.32 Å². The van der Waals surface area contributed by atoms with Crippen molar-refractivity contribution in [3.8, 4) is 0 Å². The Morgan fingerprint density at radius 3 is 2.85 bits per heavy atom. The zero-order chi connectivity index (χ0) is 13.9. The summed E-state index contributed by atoms with van der Waals surface area (Å²) < 4.78 is 1.08. The van der Waals surface area contributed by atoms with E-state index in [0.29, 0.717) is 0 Å². The molecule has 0 saturated carbocycles. The molecule has 102 valence electrons. The Morgan fingerprint density at radius 2 is 2.10 bits per heavy atom. The van der Waals surface area contributed by atoms with Crippen molar-refractivity contribution >= 4 is 32.5 Å². The van der Waals surface area contributed by atoms with Gasteiger partial charge in [-0.25, -0.2) is 9.97 Å². The fourth-order valence-corrected chi connectivity index (χ4v) is 2.78. The molecule has 0 saturated heterocycles. The summed E-state index contributed by atoms with van der Waals surface area (Å²) in [7, 11) is 0. The molecule has 2 heterocycles. The number of nitrogens with one attached hydrogen (secondary N) is 2. The van der Waals surface area contributed by atoms with Crippen LogP contribution in [0.2, 0.25) is 0 Å². The van der Waals surface area contributed by atoms with Crippen LogP contribution in [0.3, 0.4) is 0 Å². The van der Waals surface area contributed by atoms with Gasteiger partial charge < -0.3 is 10.3 Å². The number of aromatic nitrogens is 3. The number of aromatic amines is 1. The summed E-state index contributed by atoms with van der Waals surface area (Å²) in [5.74, 6) is 1.81. The van der Waals surface area contributed by atoms with Crippen LogP contribution in [0.15, 0.2) is 47.3 Å². The van der Waals surface area contributed by atoms with Crippen molar-refractivity contribution < 1.29 is 0 Å². The number of anilines is 1. The highest BCUT2D eigenvalue weighted by Gasteiger charge is 2.13. The van der Waals surface area contributed by atoms with Crippen molar-refractivity contribution in [3.05, 3.63) is 53.2 Å². The van der Waals surface area contributed by atoms with Crippen LogP contribution in [0.5, 0.6) is 0 Å². The molecule has 1 aromatic carbocycles. The van der Waals surface area contributed by atoms with Gasteiger partial charge in [-0.05, 0) is 18.6 Å². The quantitative estimate of drug-likeness (QED) is 0.750. The Bertz CT molecular complexity index is 709. The maximum Gasteiger partial charge on any atom is 0.134 e. The lowest BCUT2D eigenvalue weighted by Gasteiger charge is -2.17. The molecule has 1 unspecified atom stereocenters. The van der Waals surface area contributed by atoms with Crippen LogP contribution in [0.1, 0.15) is 25.2 Å². The third-order valence-electron chi connectivity index (χ3n) is 3.32. The molecule has 0 bridgehead atoms. The number of fused-ring (bicyclic) bond motifs is 1. The van der Waals surface area contributed by atoms with Crippen molar-refractivity contribution in [2.24, 2.45) is 0 Å². The van der Waals surface area contributed by atoms with E-state index in [-0.39, 0.29) is 6.04 Å².